The van der Waals surface area contributed by atoms with Crippen LogP contribution in [0, 0.1) is 6.92 Å². The van der Waals surface area contributed by atoms with E-state index >= 15 is 0 Å². The lowest BCUT2D eigenvalue weighted by atomic mass is 9.57. The van der Waals surface area contributed by atoms with Crippen LogP contribution in [0.15, 0.2) is 176 Å². The highest BCUT2D eigenvalue weighted by Crippen LogP contribution is 2.50. The molecule has 0 amide bonds. The summed E-state index contributed by atoms with van der Waals surface area (Å²) in [7, 11) is 0.702. The van der Waals surface area contributed by atoms with Crippen molar-refractivity contribution in [1.82, 2.24) is 0 Å². The molecule has 11 rings (SSSR count). The van der Waals surface area contributed by atoms with Gasteiger partial charge in [-0.2, -0.15) is 0 Å². The molecule has 2 aliphatic rings. The second-order valence-electron chi connectivity index (χ2n) is 17.1. The molecule has 0 unspecified atom stereocenters. The van der Waals surface area contributed by atoms with Crippen LogP contribution >= 0.6 is 0 Å². The highest BCUT2D eigenvalue weighted by molar-refractivity contribution is 6.74. The van der Waals surface area contributed by atoms with Gasteiger partial charge >= 0.3 is 0 Å². The van der Waals surface area contributed by atoms with Crippen molar-refractivity contribution < 1.29 is 9.47 Å². The standard InChI is InChI=1S/C55H43BN2O2/c1-34-30-39(55(2,3)4)25-29-46(34)58-47-33-51-50(59-48-20-12-13-21-49(48)60-51)32-44(47)56-53-43(31-38-17-9-11-19-42(38)54(53)58)52-41-18-10-8-16-37(41)24-28-45(52)57-40-26-22-36(23-27-40)35-14-6-5-7-15-35/h5-33,56-57H,1-4H3. The fraction of sp³-hybridized carbons (Fsp3) is 0.0909. The van der Waals surface area contributed by atoms with Crippen LogP contribution in [0.1, 0.15) is 31.9 Å². The van der Waals surface area contributed by atoms with E-state index in [1.165, 1.54) is 71.5 Å². The molecular weight excluding hydrogens is 731 g/mol. The van der Waals surface area contributed by atoms with Crippen LogP contribution in [0.3, 0.4) is 0 Å². The van der Waals surface area contributed by atoms with Crippen molar-refractivity contribution in [2.75, 3.05) is 10.2 Å². The van der Waals surface area contributed by atoms with Gasteiger partial charge in [0, 0.05) is 45.5 Å². The van der Waals surface area contributed by atoms with Crippen LogP contribution in [0.4, 0.5) is 28.4 Å². The van der Waals surface area contributed by atoms with Crippen molar-refractivity contribution in [2.45, 2.75) is 33.1 Å². The first-order chi connectivity index (χ1) is 29.3. The summed E-state index contributed by atoms with van der Waals surface area (Å²) in [4.78, 5) is 2.49. The van der Waals surface area contributed by atoms with Crippen LogP contribution in [0.2, 0.25) is 0 Å². The third-order valence-electron chi connectivity index (χ3n) is 12.2. The Bertz CT molecular complexity index is 3150. The molecule has 0 atom stereocenters. The molecular formula is C55H43BN2O2. The fourth-order valence-electron chi connectivity index (χ4n) is 9.12. The number of para-hydroxylation sites is 2. The highest BCUT2D eigenvalue weighted by atomic mass is 16.6. The summed E-state index contributed by atoms with van der Waals surface area (Å²) in [5.74, 6) is 2.88. The maximum Gasteiger partial charge on any atom is 0.198 e. The Hall–Kier alpha value is -7.24. The van der Waals surface area contributed by atoms with Gasteiger partial charge in [0.05, 0.1) is 0 Å². The molecule has 60 heavy (non-hydrogen) atoms. The van der Waals surface area contributed by atoms with Crippen molar-refractivity contribution in [2.24, 2.45) is 0 Å². The van der Waals surface area contributed by atoms with Crippen LogP contribution < -0.4 is 30.6 Å². The van der Waals surface area contributed by atoms with Crippen LogP contribution in [-0.4, -0.2) is 7.28 Å². The number of nitrogens with one attached hydrogen (secondary N) is 1. The van der Waals surface area contributed by atoms with Crippen molar-refractivity contribution in [1.29, 1.82) is 0 Å². The molecule has 9 aromatic carbocycles. The molecule has 4 nitrogen and oxygen atoms in total. The molecule has 2 heterocycles. The molecule has 0 spiro atoms. The Morgan fingerprint density at radius 3 is 1.92 bits per heavy atom. The lowest BCUT2D eigenvalue weighted by Gasteiger charge is -2.38. The van der Waals surface area contributed by atoms with Crippen LogP contribution in [0.25, 0.3) is 43.8 Å². The molecule has 1 N–H and O–H groups in total. The van der Waals surface area contributed by atoms with Crippen LogP contribution in [-0.2, 0) is 5.41 Å². The first-order valence-corrected chi connectivity index (χ1v) is 20.8. The Labute approximate surface area is 351 Å². The van der Waals surface area contributed by atoms with Gasteiger partial charge in [-0.1, -0.05) is 148 Å². The van der Waals surface area contributed by atoms with E-state index < -0.39 is 0 Å². The molecule has 0 saturated carbocycles. The minimum absolute atomic E-state index is 0.0120. The Kier molecular flexibility index (Phi) is 8.35. The van der Waals surface area contributed by atoms with Gasteiger partial charge in [0.1, 0.15) is 0 Å². The second-order valence-corrected chi connectivity index (χ2v) is 17.1. The Balaban J connectivity index is 1.15. The van der Waals surface area contributed by atoms with Crippen LogP contribution in [0.5, 0.6) is 23.0 Å². The summed E-state index contributed by atoms with van der Waals surface area (Å²) < 4.78 is 13.1. The minimum atomic E-state index is 0.0120. The molecule has 5 heteroatoms. The van der Waals surface area contributed by atoms with Gasteiger partial charge < -0.3 is 19.7 Å². The number of rotatable bonds is 5. The summed E-state index contributed by atoms with van der Waals surface area (Å²) in [6.45, 7) is 9.08. The number of fused-ring (bicyclic) bond motifs is 7. The van der Waals surface area contributed by atoms with Gasteiger partial charge in [0.25, 0.3) is 0 Å². The predicted octanol–water partition coefficient (Wildman–Crippen LogP) is 13.7. The highest BCUT2D eigenvalue weighted by Gasteiger charge is 2.34. The maximum absolute atomic E-state index is 6.58. The van der Waals surface area contributed by atoms with Gasteiger partial charge in [0.2, 0.25) is 0 Å². The number of ether oxygens (including phenoxy) is 2. The molecule has 0 radical (unpaired) electrons. The Morgan fingerprint density at radius 1 is 0.533 bits per heavy atom. The van der Waals surface area contributed by atoms with E-state index in [0.717, 1.165) is 40.0 Å². The number of benzene rings is 9. The van der Waals surface area contributed by atoms with E-state index in [2.05, 4.69) is 190 Å². The molecule has 9 aromatic rings. The summed E-state index contributed by atoms with van der Waals surface area (Å²) in [5, 5.41) is 8.66. The third kappa shape index (κ3) is 6.08. The zero-order valence-electron chi connectivity index (χ0n) is 34.2. The quantitative estimate of drug-likeness (QED) is 0.177. The molecule has 0 aromatic heterocycles. The maximum atomic E-state index is 6.58. The summed E-state index contributed by atoms with van der Waals surface area (Å²) in [5.41, 5.74) is 15.2. The zero-order valence-corrected chi connectivity index (χ0v) is 34.2. The average Bonchev–Trinajstić information content (AvgIpc) is 3.27. The summed E-state index contributed by atoms with van der Waals surface area (Å²) in [6.07, 6.45) is 0. The Morgan fingerprint density at radius 2 is 1.18 bits per heavy atom. The molecule has 0 fully saturated rings. The van der Waals surface area contributed by atoms with Crippen molar-refractivity contribution in [3.63, 3.8) is 0 Å². The fourth-order valence-corrected chi connectivity index (χ4v) is 9.12. The number of hydrogen-bond acceptors (Lipinski definition) is 4. The van der Waals surface area contributed by atoms with E-state index in [0.29, 0.717) is 13.0 Å². The van der Waals surface area contributed by atoms with Gasteiger partial charge in [-0.3, -0.25) is 0 Å². The minimum Gasteiger partial charge on any atom is -0.450 e. The molecule has 2 aliphatic heterocycles. The van der Waals surface area contributed by atoms with Gasteiger partial charge in [0.15, 0.2) is 30.3 Å². The number of nitrogens with zero attached hydrogens (tertiary/aromatic N) is 1. The topological polar surface area (TPSA) is 33.7 Å². The van der Waals surface area contributed by atoms with Gasteiger partial charge in [-0.05, 0) is 110 Å². The second kappa shape index (κ2) is 14.0. The van der Waals surface area contributed by atoms with Crippen molar-refractivity contribution in [3.05, 3.63) is 187 Å². The van der Waals surface area contributed by atoms with Gasteiger partial charge in [-0.15, -0.1) is 0 Å². The molecule has 288 valence electrons. The number of hydrogen-bond donors (Lipinski definition) is 1. The lowest BCUT2D eigenvalue weighted by Crippen LogP contribution is -2.41. The van der Waals surface area contributed by atoms with E-state index in [1.807, 2.05) is 24.3 Å². The van der Waals surface area contributed by atoms with Crippen molar-refractivity contribution in [3.8, 4) is 45.3 Å². The summed E-state index contributed by atoms with van der Waals surface area (Å²) in [6, 6.07) is 63.1. The largest absolute Gasteiger partial charge is 0.450 e. The molecule has 0 saturated heterocycles. The summed E-state index contributed by atoms with van der Waals surface area (Å²) >= 11 is 0. The van der Waals surface area contributed by atoms with Gasteiger partial charge in [-0.25, -0.2) is 0 Å². The van der Waals surface area contributed by atoms with E-state index in [-0.39, 0.29) is 5.41 Å². The SMILES string of the molecule is Cc1cc(C(C)(C)C)ccc1N1c2cc3c(cc2Bc2c(-c4c(Nc5ccc(-c6ccccc6)cc5)ccc5ccccc45)cc4ccccc4c21)Oc1ccccc1O3. The van der Waals surface area contributed by atoms with E-state index in [4.69, 9.17) is 9.47 Å². The number of aryl methyl sites for hydroxylation is 1. The van der Waals surface area contributed by atoms with Crippen molar-refractivity contribution >= 4 is 68.2 Å². The van der Waals surface area contributed by atoms with E-state index in [1.54, 1.807) is 0 Å². The molecule has 0 aliphatic carbocycles. The smallest absolute Gasteiger partial charge is 0.198 e. The monoisotopic (exact) mass is 774 g/mol. The third-order valence-corrected chi connectivity index (χ3v) is 12.2. The lowest BCUT2D eigenvalue weighted by molar-refractivity contribution is 0.360. The first-order valence-electron chi connectivity index (χ1n) is 20.8. The first kappa shape index (κ1) is 35.9. The number of anilines is 5. The normalized spacial score (nSPS) is 12.7. The zero-order chi connectivity index (χ0) is 40.5. The average molecular weight is 775 g/mol. The predicted molar refractivity (Wildman–Crippen MR) is 253 cm³/mol. The van der Waals surface area contributed by atoms with E-state index in [9.17, 15) is 0 Å². The molecule has 0 bridgehead atoms.